The van der Waals surface area contributed by atoms with Gasteiger partial charge in [-0.05, 0) is 43.5 Å². The fraction of sp³-hybridized carbons (Fsp3) is 0.444. The highest BCUT2D eigenvalue weighted by Gasteiger charge is 2.45. The average Bonchev–Trinajstić information content (AvgIpc) is 2.85. The number of halogens is 1. The minimum Gasteiger partial charge on any atom is -0.453 e. The normalized spacial score (nSPS) is 21.9. The van der Waals surface area contributed by atoms with Crippen molar-refractivity contribution in [1.29, 1.82) is 0 Å². The Balaban J connectivity index is 1.88. The lowest BCUT2D eigenvalue weighted by Crippen LogP contribution is -2.64. The number of anilines is 1. The summed E-state index contributed by atoms with van der Waals surface area (Å²) in [5.74, 6) is 4.70. The van der Waals surface area contributed by atoms with Gasteiger partial charge < -0.3 is 10.1 Å². The number of nitrogens with one attached hydrogen (secondary N) is 1. The van der Waals surface area contributed by atoms with E-state index in [9.17, 15) is 19.2 Å². The summed E-state index contributed by atoms with van der Waals surface area (Å²) in [4.78, 5) is 50.5. The maximum Gasteiger partial charge on any atom is 0.407 e. The molecule has 10 nitrogen and oxygen atoms in total. The number of hydrogen-bond acceptors (Lipinski definition) is 6. The summed E-state index contributed by atoms with van der Waals surface area (Å²) in [5.41, 5.74) is 0.452. The number of fused-ring (bicyclic) bond motifs is 1. The number of amides is 4. The van der Waals surface area contributed by atoms with Crippen LogP contribution in [-0.2, 0) is 19.1 Å². The van der Waals surface area contributed by atoms with Crippen LogP contribution in [0.1, 0.15) is 25.7 Å². The third-order valence-corrected chi connectivity index (χ3v) is 5.49. The van der Waals surface area contributed by atoms with Gasteiger partial charge in [-0.2, -0.15) is 0 Å². The van der Waals surface area contributed by atoms with Crippen LogP contribution >= 0.6 is 15.9 Å². The standard InChI is InChI=1S/C18H22BrN5O5/c1-29-18(28)21-13-8-9-15(25)22-10-2-3-14(24(22)16(13)26)17(27)23(20)12-6-4-11(19)5-7-12/h4-7,13-14H,2-3,8-10,20H2,1H3,(H,21,28)/t13-,14-/m0/s1. The predicted molar refractivity (Wildman–Crippen MR) is 106 cm³/mol. The number of nitrogens with two attached hydrogens (primary N) is 1. The molecule has 0 bridgehead atoms. The van der Waals surface area contributed by atoms with Gasteiger partial charge in [0, 0.05) is 17.4 Å². The van der Waals surface area contributed by atoms with E-state index in [1.807, 2.05) is 0 Å². The second-order valence-corrected chi connectivity index (χ2v) is 7.69. The first-order valence-electron chi connectivity index (χ1n) is 9.15. The third-order valence-electron chi connectivity index (χ3n) is 4.97. The molecule has 0 unspecified atom stereocenters. The van der Waals surface area contributed by atoms with Gasteiger partial charge in [-0.15, -0.1) is 0 Å². The number of hydrogen-bond donors (Lipinski definition) is 2. The molecule has 11 heteroatoms. The maximum absolute atomic E-state index is 13.1. The van der Waals surface area contributed by atoms with E-state index in [1.165, 1.54) is 12.1 Å². The quantitative estimate of drug-likeness (QED) is 0.386. The Morgan fingerprint density at radius 2 is 1.93 bits per heavy atom. The van der Waals surface area contributed by atoms with E-state index in [2.05, 4.69) is 26.0 Å². The molecule has 156 valence electrons. The average molecular weight is 468 g/mol. The lowest BCUT2D eigenvalue weighted by Gasteiger charge is -2.43. The Morgan fingerprint density at radius 3 is 2.59 bits per heavy atom. The van der Waals surface area contributed by atoms with Gasteiger partial charge in [0.05, 0.1) is 12.8 Å². The molecule has 3 N–H and O–H groups in total. The molecule has 1 aromatic rings. The van der Waals surface area contributed by atoms with Gasteiger partial charge in [-0.1, -0.05) is 15.9 Å². The zero-order chi connectivity index (χ0) is 21.1. The van der Waals surface area contributed by atoms with Gasteiger partial charge in [0.15, 0.2) is 0 Å². The topological polar surface area (TPSA) is 125 Å². The molecule has 4 amide bonds. The third kappa shape index (κ3) is 4.35. The van der Waals surface area contributed by atoms with E-state index in [0.717, 1.165) is 14.5 Å². The molecule has 1 aromatic carbocycles. The lowest BCUT2D eigenvalue weighted by atomic mass is 10.1. The highest BCUT2D eigenvalue weighted by molar-refractivity contribution is 9.10. The Bertz CT molecular complexity index is 817. The van der Waals surface area contributed by atoms with E-state index in [-0.39, 0.29) is 18.7 Å². The molecular weight excluding hydrogens is 446 g/mol. The Morgan fingerprint density at radius 1 is 1.24 bits per heavy atom. The van der Waals surface area contributed by atoms with Crippen molar-refractivity contribution in [3.05, 3.63) is 28.7 Å². The van der Waals surface area contributed by atoms with Crippen LogP contribution in [0.4, 0.5) is 10.5 Å². The second kappa shape index (κ2) is 8.78. The van der Waals surface area contributed by atoms with Gasteiger partial charge >= 0.3 is 6.09 Å². The number of ether oxygens (including phenoxy) is 1. The largest absolute Gasteiger partial charge is 0.453 e. The minimum absolute atomic E-state index is 0.0663. The van der Waals surface area contributed by atoms with Gasteiger partial charge in [0.1, 0.15) is 12.1 Å². The zero-order valence-electron chi connectivity index (χ0n) is 15.8. The number of methoxy groups -OCH3 is 1. The summed E-state index contributed by atoms with van der Waals surface area (Å²) in [6.45, 7) is 0.322. The molecule has 29 heavy (non-hydrogen) atoms. The molecule has 0 aromatic heterocycles. The van der Waals surface area contributed by atoms with Crippen molar-refractivity contribution >= 4 is 45.4 Å². The molecule has 2 fully saturated rings. The number of hydrazine groups is 2. The van der Waals surface area contributed by atoms with Crippen molar-refractivity contribution in [3.8, 4) is 0 Å². The van der Waals surface area contributed by atoms with E-state index < -0.39 is 30.0 Å². The van der Waals surface area contributed by atoms with Crippen LogP contribution in [0, 0.1) is 0 Å². The SMILES string of the molecule is COC(=O)N[C@H]1CCC(=O)N2CCC[C@@H](C(=O)N(N)c3ccc(Br)cc3)N2C1=O. The summed E-state index contributed by atoms with van der Waals surface area (Å²) in [7, 11) is 1.19. The van der Waals surface area contributed by atoms with E-state index in [4.69, 9.17) is 5.84 Å². The first-order valence-corrected chi connectivity index (χ1v) is 9.95. The number of benzene rings is 1. The molecule has 0 radical (unpaired) electrons. The molecule has 2 atom stereocenters. The Kier molecular flexibility index (Phi) is 6.38. The first kappa shape index (κ1) is 21.1. The highest BCUT2D eigenvalue weighted by atomic mass is 79.9. The van der Waals surface area contributed by atoms with Gasteiger partial charge in [0.25, 0.3) is 11.8 Å². The van der Waals surface area contributed by atoms with Crippen LogP contribution in [0.15, 0.2) is 28.7 Å². The number of alkyl carbamates (subject to hydrolysis) is 1. The fourth-order valence-corrected chi connectivity index (χ4v) is 3.75. The van der Waals surface area contributed by atoms with Crippen molar-refractivity contribution < 1.29 is 23.9 Å². The second-order valence-electron chi connectivity index (χ2n) is 6.77. The number of nitrogens with zero attached hydrogens (tertiary/aromatic N) is 3. The van der Waals surface area contributed by atoms with Crippen LogP contribution in [-0.4, -0.2) is 59.6 Å². The van der Waals surface area contributed by atoms with Crippen LogP contribution in [0.5, 0.6) is 0 Å². The molecule has 2 aliphatic rings. The fourth-order valence-electron chi connectivity index (χ4n) is 3.48. The van der Waals surface area contributed by atoms with Crippen LogP contribution in [0.3, 0.4) is 0 Å². The van der Waals surface area contributed by atoms with E-state index in [1.54, 1.807) is 24.3 Å². The molecule has 3 rings (SSSR count). The summed E-state index contributed by atoms with van der Waals surface area (Å²) in [6, 6.07) is 4.90. The minimum atomic E-state index is -0.969. The van der Waals surface area contributed by atoms with Crippen molar-refractivity contribution in [1.82, 2.24) is 15.3 Å². The van der Waals surface area contributed by atoms with E-state index in [0.29, 0.717) is 25.1 Å². The maximum atomic E-state index is 13.1. The summed E-state index contributed by atoms with van der Waals surface area (Å²) in [5, 5.41) is 5.87. The van der Waals surface area contributed by atoms with Crippen molar-refractivity contribution in [2.75, 3.05) is 18.7 Å². The number of carbonyl (C=O) groups excluding carboxylic acids is 4. The molecular formula is C18H22BrN5O5. The van der Waals surface area contributed by atoms with Crippen LogP contribution in [0.25, 0.3) is 0 Å². The van der Waals surface area contributed by atoms with Crippen molar-refractivity contribution in [3.63, 3.8) is 0 Å². The summed E-state index contributed by atoms with van der Waals surface area (Å²) < 4.78 is 5.40. The predicted octanol–water partition coefficient (Wildman–Crippen LogP) is 0.909. The van der Waals surface area contributed by atoms with Gasteiger partial charge in [0.2, 0.25) is 5.91 Å². The summed E-state index contributed by atoms with van der Waals surface area (Å²) >= 11 is 3.32. The highest BCUT2D eigenvalue weighted by Crippen LogP contribution is 2.27. The summed E-state index contributed by atoms with van der Waals surface area (Å²) in [6.07, 6.45) is 0.314. The van der Waals surface area contributed by atoms with Gasteiger partial charge in [-0.3, -0.25) is 19.4 Å². The molecule has 0 aliphatic carbocycles. The molecule has 2 saturated heterocycles. The van der Waals surface area contributed by atoms with Gasteiger partial charge in [-0.25, -0.2) is 20.7 Å². The Hall–Kier alpha value is -2.66. The first-order chi connectivity index (χ1) is 13.8. The molecule has 2 heterocycles. The van der Waals surface area contributed by atoms with Crippen molar-refractivity contribution in [2.24, 2.45) is 5.84 Å². The zero-order valence-corrected chi connectivity index (χ0v) is 17.4. The number of carbonyl (C=O) groups is 4. The van der Waals surface area contributed by atoms with Crippen LogP contribution < -0.4 is 16.2 Å². The van der Waals surface area contributed by atoms with E-state index >= 15 is 0 Å². The molecule has 0 saturated carbocycles. The molecule has 0 spiro atoms. The number of rotatable bonds is 3. The molecule has 2 aliphatic heterocycles. The smallest absolute Gasteiger partial charge is 0.407 e. The monoisotopic (exact) mass is 467 g/mol. The Labute approximate surface area is 176 Å². The van der Waals surface area contributed by atoms with Crippen LogP contribution in [0.2, 0.25) is 0 Å². The van der Waals surface area contributed by atoms with Crippen molar-refractivity contribution in [2.45, 2.75) is 37.8 Å². The lowest BCUT2D eigenvalue weighted by molar-refractivity contribution is -0.175.